The lowest BCUT2D eigenvalue weighted by atomic mass is 9.84. The summed E-state index contributed by atoms with van der Waals surface area (Å²) in [5.74, 6) is -23.9. The maximum absolute atomic E-state index is 12.8. The minimum absolute atomic E-state index is 0.721. The van der Waals surface area contributed by atoms with Crippen LogP contribution in [0, 0.1) is 23.7 Å². The molecule has 32 nitrogen and oxygen atoms in total. The summed E-state index contributed by atoms with van der Waals surface area (Å²) in [5.41, 5.74) is 8.58. The van der Waals surface area contributed by atoms with Crippen LogP contribution < -0.4 is 0 Å². The Morgan fingerprint density at radius 3 is 0.945 bits per heavy atom. The number of ether oxygens (including phenoxy) is 8. The molecule has 0 aliphatic carbocycles. The molecule has 0 aromatic heterocycles. The van der Waals surface area contributed by atoms with E-state index >= 15 is 0 Å². The molecule has 0 amide bonds. The third-order valence-electron chi connectivity index (χ3n) is 14.0. The summed E-state index contributed by atoms with van der Waals surface area (Å²) >= 11 is 0. The number of nitrogens with zero attached hydrogens (tertiary/aromatic N) is 3. The van der Waals surface area contributed by atoms with Crippen molar-refractivity contribution >= 4 is 23.9 Å². The molecule has 4 aliphatic heterocycles. The van der Waals surface area contributed by atoms with E-state index in [2.05, 4.69) is 10.0 Å². The zero-order chi connectivity index (χ0) is 55.3. The molecule has 4 fully saturated rings. The van der Waals surface area contributed by atoms with Crippen LogP contribution in [0.2, 0.25) is 0 Å². The average molecular weight is 1070 g/mol. The minimum atomic E-state index is -3.01. The summed E-state index contributed by atoms with van der Waals surface area (Å²) in [5, 5.41) is 184. The topological polar surface area (TPSA) is 535 Å². The van der Waals surface area contributed by atoms with Gasteiger partial charge in [-0.25, -0.2) is 19.2 Å². The van der Waals surface area contributed by atoms with Gasteiger partial charge in [-0.2, -0.15) is 0 Å². The van der Waals surface area contributed by atoms with Crippen molar-refractivity contribution < 1.29 is 144 Å². The van der Waals surface area contributed by atoms with Gasteiger partial charge in [0.1, 0.15) is 55.6 Å². The highest BCUT2D eigenvalue weighted by Crippen LogP contribution is 2.42. The molecule has 24 atom stereocenters. The number of aliphatic hydroxyl groups is 13. The van der Waals surface area contributed by atoms with Crippen molar-refractivity contribution in [3.05, 3.63) is 10.4 Å². The van der Waals surface area contributed by atoms with Crippen molar-refractivity contribution in [2.75, 3.05) is 33.2 Å². The second-order valence-electron chi connectivity index (χ2n) is 18.9. The Labute approximate surface area is 414 Å². The van der Waals surface area contributed by atoms with Gasteiger partial charge in [0.25, 0.3) is 23.1 Å². The first-order valence-corrected chi connectivity index (χ1v) is 22.9. The van der Waals surface area contributed by atoms with E-state index in [0.29, 0.717) is 0 Å². The Balaban J connectivity index is 1.47. The highest BCUT2D eigenvalue weighted by molar-refractivity contribution is 5.77. The number of carbonyl (C=O) groups is 4. The molecule has 0 aromatic rings. The number of carboxylic acids is 4. The predicted molar refractivity (Wildman–Crippen MR) is 228 cm³/mol. The molecule has 4 heterocycles. The summed E-state index contributed by atoms with van der Waals surface area (Å²) in [6.45, 7) is -0.330. The maximum Gasteiger partial charge on any atom is 0.364 e. The minimum Gasteiger partial charge on any atom is -0.477 e. The van der Waals surface area contributed by atoms with Crippen molar-refractivity contribution in [2.45, 2.75) is 174 Å². The number of aliphatic hydroxyl groups excluding tert-OH is 13. The predicted octanol–water partition coefficient (Wildman–Crippen LogP) is -6.53. The largest absolute Gasteiger partial charge is 0.477 e. The van der Waals surface area contributed by atoms with Gasteiger partial charge in [-0.05, 0) is 5.53 Å². The molecule has 8 unspecified atom stereocenters. The Morgan fingerprint density at radius 2 is 0.726 bits per heavy atom. The quantitative estimate of drug-likeness (QED) is 0.0230. The zero-order valence-corrected chi connectivity index (χ0v) is 39.8. The molecular formula is C41H67N3O29. The third kappa shape index (κ3) is 13.3. The third-order valence-corrected chi connectivity index (χ3v) is 14.0. The molecule has 0 bridgehead atoms. The summed E-state index contributed by atoms with van der Waals surface area (Å²) in [6.07, 6.45) is -34.5. The van der Waals surface area contributed by atoms with E-state index in [1.165, 1.54) is 27.7 Å². The van der Waals surface area contributed by atoms with Gasteiger partial charge in [-0.15, -0.1) is 0 Å². The number of hydrogen-bond acceptors (Lipinski definition) is 26. The Morgan fingerprint density at radius 1 is 0.493 bits per heavy atom. The van der Waals surface area contributed by atoms with Crippen LogP contribution >= 0.6 is 0 Å². The van der Waals surface area contributed by atoms with Crippen LogP contribution in [0.1, 0.15) is 53.4 Å². The summed E-state index contributed by atoms with van der Waals surface area (Å²) < 4.78 is 43.5. The number of aliphatic carboxylic acids is 4. The Hall–Kier alpha value is -3.65. The first kappa shape index (κ1) is 61.9. The maximum atomic E-state index is 12.8. The van der Waals surface area contributed by atoms with Crippen LogP contribution in [-0.4, -0.2) is 265 Å². The molecule has 73 heavy (non-hydrogen) atoms. The molecule has 4 aliphatic rings. The molecule has 4 rings (SSSR count). The van der Waals surface area contributed by atoms with Crippen LogP contribution in [0.15, 0.2) is 5.11 Å². The first-order chi connectivity index (χ1) is 33.9. The Bertz CT molecular complexity index is 1940. The smallest absolute Gasteiger partial charge is 0.364 e. The second-order valence-corrected chi connectivity index (χ2v) is 18.9. The number of hydrogen-bond donors (Lipinski definition) is 17. The van der Waals surface area contributed by atoms with Gasteiger partial charge in [0.2, 0.25) is 0 Å². The Kier molecular flexibility index (Phi) is 21.2. The SMILES string of the molecule is C[C@@H]1C(O)CC(OC[C@@H](O)[C@@H](O)[C@@H]2OC(OC[C@@H](O)[C@@H](O)[C@@H]3OC(OC[C@@H](O)[C@@H](O)[C@@H]4OC(OCN=[N+]=[N-])(C(=O)O)CC(O)[C@H]4C)(C(=O)O)CC(O)[C@H]3C)(C(=O)O)CC(O)[C@H]2C)(C(=O)O)O[C@H]1[C@H](O)[C@H](O)CO. The molecule has 0 radical (unpaired) electrons. The molecule has 0 aromatic carbocycles. The number of rotatable bonds is 25. The van der Waals surface area contributed by atoms with Crippen LogP contribution in [0.5, 0.6) is 0 Å². The van der Waals surface area contributed by atoms with Crippen molar-refractivity contribution in [2.24, 2.45) is 28.8 Å². The summed E-state index contributed by atoms with van der Waals surface area (Å²) in [7, 11) is 0. The van der Waals surface area contributed by atoms with Gasteiger partial charge in [0.15, 0.2) is 0 Å². The highest BCUT2D eigenvalue weighted by Gasteiger charge is 2.60. The van der Waals surface area contributed by atoms with Crippen molar-refractivity contribution in [3.8, 4) is 0 Å². The lowest BCUT2D eigenvalue weighted by molar-refractivity contribution is -0.339. The molecular weight excluding hydrogens is 998 g/mol. The second kappa shape index (κ2) is 25.0. The van der Waals surface area contributed by atoms with Gasteiger partial charge >= 0.3 is 23.9 Å². The van der Waals surface area contributed by atoms with Crippen molar-refractivity contribution in [1.29, 1.82) is 0 Å². The lowest BCUT2D eigenvalue weighted by Gasteiger charge is -2.47. The van der Waals surface area contributed by atoms with Crippen LogP contribution in [0.3, 0.4) is 0 Å². The van der Waals surface area contributed by atoms with Crippen LogP contribution in [-0.2, 0) is 57.1 Å². The van der Waals surface area contributed by atoms with Crippen LogP contribution in [0.25, 0.3) is 10.4 Å². The van der Waals surface area contributed by atoms with E-state index in [0.717, 1.165) is 0 Å². The molecule has 0 spiro atoms. The number of carboxylic acid groups (broad SMARTS) is 4. The average Bonchev–Trinajstić information content (AvgIpc) is 3.34. The first-order valence-electron chi connectivity index (χ1n) is 22.9. The van der Waals surface area contributed by atoms with Gasteiger partial charge < -0.3 is 125 Å². The molecule has 420 valence electrons. The zero-order valence-electron chi connectivity index (χ0n) is 39.8. The highest BCUT2D eigenvalue weighted by atomic mass is 16.8. The van der Waals surface area contributed by atoms with E-state index in [-0.39, 0.29) is 0 Å². The van der Waals surface area contributed by atoms with Crippen LogP contribution in [0.4, 0.5) is 0 Å². The molecule has 17 N–H and O–H groups in total. The number of azide groups is 1. The van der Waals surface area contributed by atoms with E-state index in [9.17, 15) is 106 Å². The standard InChI is InChI=1S/C41H67N3O29/c1-14-18(46)5-38(34(58)59,70-30(14)26(54)22(50)9-45)66-10-23(51)27(55)31-15(2)19(47)6-39(71-31,35(60)61)67-11-24(52)28(56)32-16(3)20(48)7-40(72-32,36(62)63)68-12-25(53)29(57)33-17(4)21(49)8-41(73-33,37(64)65)69-13-43-44-42/h14-33,45-57H,5-13H2,1-4H3,(H,58,59)(H,60,61)(H,62,63)(H,64,65)/t14-,15-,16-,17-,18?,19?,20?,21?,22-,23-,24-,25-,26-,27-,28-,29-,30-,31-,32-,33-,38?,39?,40?,41?/m1/s1. The molecule has 4 saturated heterocycles. The fourth-order valence-electron chi connectivity index (χ4n) is 9.01. The van der Waals surface area contributed by atoms with E-state index < -0.39 is 227 Å². The normalized spacial score (nSPS) is 40.4. The monoisotopic (exact) mass is 1070 g/mol. The van der Waals surface area contributed by atoms with E-state index in [4.69, 9.17) is 43.4 Å². The summed E-state index contributed by atoms with van der Waals surface area (Å²) in [6, 6.07) is 0. The van der Waals surface area contributed by atoms with E-state index in [1.54, 1.807) is 0 Å². The molecule has 32 heteroatoms. The molecule has 0 saturated carbocycles. The van der Waals surface area contributed by atoms with Gasteiger partial charge in [-0.3, -0.25) is 0 Å². The lowest BCUT2D eigenvalue weighted by Crippen LogP contribution is -2.64. The van der Waals surface area contributed by atoms with Crippen molar-refractivity contribution in [1.82, 2.24) is 0 Å². The van der Waals surface area contributed by atoms with E-state index in [1.807, 2.05) is 0 Å². The van der Waals surface area contributed by atoms with Gasteiger partial charge in [0, 0.05) is 54.3 Å². The fourth-order valence-corrected chi connectivity index (χ4v) is 9.01. The van der Waals surface area contributed by atoms with Gasteiger partial charge in [0.05, 0.1) is 75.3 Å². The van der Waals surface area contributed by atoms with Crippen molar-refractivity contribution in [3.63, 3.8) is 0 Å². The fraction of sp³-hybridized carbons (Fsp3) is 0.902. The summed E-state index contributed by atoms with van der Waals surface area (Å²) in [4.78, 5) is 52.6. The van der Waals surface area contributed by atoms with Gasteiger partial charge in [-0.1, -0.05) is 32.8 Å².